The molecule has 0 bridgehead atoms. The van der Waals surface area contributed by atoms with Gasteiger partial charge < -0.3 is 4.98 Å². The summed E-state index contributed by atoms with van der Waals surface area (Å²) in [5.74, 6) is -0.475. The molecule has 0 atom stereocenters. The Morgan fingerprint density at radius 3 is 2.50 bits per heavy atom. The summed E-state index contributed by atoms with van der Waals surface area (Å²) in [6.45, 7) is 0. The van der Waals surface area contributed by atoms with E-state index in [2.05, 4.69) is 9.71 Å². The quantitative estimate of drug-likeness (QED) is 0.778. The maximum Gasteiger partial charge on any atom is 0.261 e. The zero-order valence-electron chi connectivity index (χ0n) is 10.3. The largest absolute Gasteiger partial charge is 0.361 e. The van der Waals surface area contributed by atoms with E-state index in [4.69, 9.17) is 0 Å². The van der Waals surface area contributed by atoms with Gasteiger partial charge in [-0.05, 0) is 47.9 Å². The molecule has 0 saturated carbocycles. The van der Waals surface area contributed by atoms with E-state index in [1.807, 2.05) is 12.1 Å². The lowest BCUT2D eigenvalue weighted by molar-refractivity contribution is 0.599. The predicted octanol–water partition coefficient (Wildman–Crippen LogP) is 3.11. The van der Waals surface area contributed by atoms with Crippen molar-refractivity contribution in [2.75, 3.05) is 4.72 Å². The van der Waals surface area contributed by atoms with Crippen molar-refractivity contribution in [2.24, 2.45) is 0 Å². The van der Waals surface area contributed by atoms with Crippen molar-refractivity contribution in [3.05, 3.63) is 60.5 Å². The molecular formula is C14H11FN2O2S. The van der Waals surface area contributed by atoms with Crippen molar-refractivity contribution in [1.29, 1.82) is 0 Å². The van der Waals surface area contributed by atoms with Crippen LogP contribution in [0, 0.1) is 5.82 Å². The number of hydrogen-bond donors (Lipinski definition) is 2. The molecule has 20 heavy (non-hydrogen) atoms. The fourth-order valence-corrected chi connectivity index (χ4v) is 2.99. The van der Waals surface area contributed by atoms with Crippen LogP contribution in [0.25, 0.3) is 10.9 Å². The van der Waals surface area contributed by atoms with E-state index in [0.717, 1.165) is 23.0 Å². The number of H-pyrrole nitrogens is 1. The lowest BCUT2D eigenvalue weighted by Crippen LogP contribution is -2.12. The summed E-state index contributed by atoms with van der Waals surface area (Å²) >= 11 is 0. The molecule has 0 radical (unpaired) electrons. The molecule has 0 saturated heterocycles. The number of sulfonamides is 1. The Bertz CT molecular complexity index is 854. The first kappa shape index (κ1) is 12.7. The standard InChI is InChI=1S/C14H11FN2O2S/c15-11-2-5-13(6-3-11)20(18,19)17-12-4-1-10-7-8-16-14(10)9-12/h1-9,16-17H. The van der Waals surface area contributed by atoms with Crippen LogP contribution in [0.1, 0.15) is 0 Å². The summed E-state index contributed by atoms with van der Waals surface area (Å²) in [6.07, 6.45) is 1.78. The average molecular weight is 290 g/mol. The predicted molar refractivity (Wildman–Crippen MR) is 75.5 cm³/mol. The Morgan fingerprint density at radius 1 is 1.00 bits per heavy atom. The minimum Gasteiger partial charge on any atom is -0.361 e. The van der Waals surface area contributed by atoms with Gasteiger partial charge in [0.25, 0.3) is 10.0 Å². The van der Waals surface area contributed by atoms with Crippen molar-refractivity contribution in [3.63, 3.8) is 0 Å². The molecule has 1 heterocycles. The molecule has 0 fully saturated rings. The molecular weight excluding hydrogens is 279 g/mol. The number of benzene rings is 2. The maximum absolute atomic E-state index is 12.8. The highest BCUT2D eigenvalue weighted by molar-refractivity contribution is 7.92. The first-order valence-corrected chi connectivity index (χ1v) is 7.38. The van der Waals surface area contributed by atoms with Gasteiger partial charge in [-0.25, -0.2) is 12.8 Å². The lowest BCUT2D eigenvalue weighted by atomic mass is 10.2. The van der Waals surface area contributed by atoms with Gasteiger partial charge >= 0.3 is 0 Å². The Hall–Kier alpha value is -2.34. The number of halogens is 1. The summed E-state index contributed by atoms with van der Waals surface area (Å²) in [6, 6.07) is 11.8. The normalized spacial score (nSPS) is 11.7. The Labute approximate surface area is 115 Å². The zero-order valence-corrected chi connectivity index (χ0v) is 11.1. The first-order valence-electron chi connectivity index (χ1n) is 5.90. The highest BCUT2D eigenvalue weighted by Crippen LogP contribution is 2.21. The SMILES string of the molecule is O=S(=O)(Nc1ccc2cc[nH]c2c1)c1ccc(F)cc1. The second-order valence-corrected chi connectivity index (χ2v) is 6.02. The summed E-state index contributed by atoms with van der Waals surface area (Å²) in [5.41, 5.74) is 1.29. The molecule has 0 aliphatic carbocycles. The molecule has 0 aliphatic heterocycles. The number of rotatable bonds is 3. The molecule has 0 aliphatic rings. The number of aromatic nitrogens is 1. The van der Waals surface area contributed by atoms with Gasteiger partial charge in [0.15, 0.2) is 0 Å². The highest BCUT2D eigenvalue weighted by Gasteiger charge is 2.14. The molecule has 3 aromatic rings. The molecule has 102 valence electrons. The smallest absolute Gasteiger partial charge is 0.261 e. The second kappa shape index (κ2) is 4.64. The maximum atomic E-state index is 12.8. The van der Waals surface area contributed by atoms with Crippen molar-refractivity contribution < 1.29 is 12.8 Å². The Morgan fingerprint density at radius 2 is 1.75 bits per heavy atom. The van der Waals surface area contributed by atoms with Gasteiger partial charge in [-0.3, -0.25) is 4.72 Å². The van der Waals surface area contributed by atoms with Crippen molar-refractivity contribution in [2.45, 2.75) is 4.90 Å². The minimum atomic E-state index is -3.71. The third-order valence-corrected chi connectivity index (χ3v) is 4.33. The number of anilines is 1. The van der Waals surface area contributed by atoms with Crippen molar-refractivity contribution in [3.8, 4) is 0 Å². The van der Waals surface area contributed by atoms with Gasteiger partial charge in [-0.1, -0.05) is 6.07 Å². The van der Waals surface area contributed by atoms with E-state index in [-0.39, 0.29) is 4.90 Å². The Kier molecular flexibility index (Phi) is 2.94. The van der Waals surface area contributed by atoms with Crippen LogP contribution in [0.2, 0.25) is 0 Å². The van der Waals surface area contributed by atoms with Crippen LogP contribution in [-0.2, 0) is 10.0 Å². The second-order valence-electron chi connectivity index (χ2n) is 4.34. The molecule has 0 unspecified atom stereocenters. The van der Waals surface area contributed by atoms with Gasteiger partial charge in [0.2, 0.25) is 0 Å². The fraction of sp³-hybridized carbons (Fsp3) is 0. The zero-order chi connectivity index (χ0) is 14.2. The van der Waals surface area contributed by atoms with Gasteiger partial charge in [-0.2, -0.15) is 0 Å². The molecule has 3 rings (SSSR count). The van der Waals surface area contributed by atoms with Gasteiger partial charge in [0.1, 0.15) is 5.82 Å². The summed E-state index contributed by atoms with van der Waals surface area (Å²) in [5, 5.41) is 0.995. The first-order chi connectivity index (χ1) is 9.54. The summed E-state index contributed by atoms with van der Waals surface area (Å²) < 4.78 is 39.6. The van der Waals surface area contributed by atoms with Crippen LogP contribution in [-0.4, -0.2) is 13.4 Å². The number of hydrogen-bond acceptors (Lipinski definition) is 2. The van der Waals surface area contributed by atoms with E-state index in [9.17, 15) is 12.8 Å². The molecule has 0 amide bonds. The van der Waals surface area contributed by atoms with Crippen LogP contribution >= 0.6 is 0 Å². The molecule has 6 heteroatoms. The van der Waals surface area contributed by atoms with Gasteiger partial charge in [0, 0.05) is 11.7 Å². The monoisotopic (exact) mass is 290 g/mol. The molecule has 4 nitrogen and oxygen atoms in total. The van der Waals surface area contributed by atoms with Crippen LogP contribution in [0.5, 0.6) is 0 Å². The number of fused-ring (bicyclic) bond motifs is 1. The van der Waals surface area contributed by atoms with E-state index >= 15 is 0 Å². The van der Waals surface area contributed by atoms with Crippen LogP contribution in [0.3, 0.4) is 0 Å². The molecule has 1 aromatic heterocycles. The highest BCUT2D eigenvalue weighted by atomic mass is 32.2. The molecule has 0 spiro atoms. The summed E-state index contributed by atoms with van der Waals surface area (Å²) in [4.78, 5) is 3.03. The van der Waals surface area contributed by atoms with E-state index in [0.29, 0.717) is 5.69 Å². The average Bonchev–Trinajstić information content (AvgIpc) is 2.86. The van der Waals surface area contributed by atoms with Crippen molar-refractivity contribution in [1.82, 2.24) is 4.98 Å². The topological polar surface area (TPSA) is 62.0 Å². The van der Waals surface area contributed by atoms with E-state index in [1.54, 1.807) is 18.3 Å². The minimum absolute atomic E-state index is 0.0190. The third kappa shape index (κ3) is 2.37. The number of nitrogens with one attached hydrogen (secondary N) is 2. The van der Waals surface area contributed by atoms with E-state index in [1.165, 1.54) is 12.1 Å². The molecule has 2 N–H and O–H groups in total. The van der Waals surface area contributed by atoms with E-state index < -0.39 is 15.8 Å². The third-order valence-electron chi connectivity index (χ3n) is 2.93. The summed E-state index contributed by atoms with van der Waals surface area (Å²) in [7, 11) is -3.71. The van der Waals surface area contributed by atoms with Crippen LogP contribution in [0.4, 0.5) is 10.1 Å². The molecule has 2 aromatic carbocycles. The van der Waals surface area contributed by atoms with Crippen molar-refractivity contribution >= 4 is 26.6 Å². The van der Waals surface area contributed by atoms with Gasteiger partial charge in [0.05, 0.1) is 10.6 Å². The fourth-order valence-electron chi connectivity index (χ4n) is 1.94. The Balaban J connectivity index is 1.94. The van der Waals surface area contributed by atoms with Crippen LogP contribution in [0.15, 0.2) is 59.6 Å². The lowest BCUT2D eigenvalue weighted by Gasteiger charge is -2.08. The number of aromatic amines is 1. The van der Waals surface area contributed by atoms with Crippen LogP contribution < -0.4 is 4.72 Å². The van der Waals surface area contributed by atoms with Gasteiger partial charge in [-0.15, -0.1) is 0 Å².